The lowest BCUT2D eigenvalue weighted by Crippen LogP contribution is -2.39. The summed E-state index contributed by atoms with van der Waals surface area (Å²) in [5.41, 5.74) is 0.803. The molecule has 1 aromatic rings. The lowest BCUT2D eigenvalue weighted by molar-refractivity contribution is 0.166. The Morgan fingerprint density at radius 2 is 1.95 bits per heavy atom. The van der Waals surface area contributed by atoms with E-state index in [0.717, 1.165) is 25.6 Å². The lowest BCUT2D eigenvalue weighted by Gasteiger charge is -2.32. The molecule has 0 N–H and O–H groups in total. The third kappa shape index (κ3) is 3.14. The molecule has 0 aromatic heterocycles. The molecule has 2 unspecified atom stereocenters. The third-order valence-electron chi connectivity index (χ3n) is 4.33. The third-order valence-corrected chi connectivity index (χ3v) is 4.33. The standard InChI is InChI=1S/C16H23F2N/c1-11(14-6-5-13(17)9-15(14)18)12-7-8-19(10-12)16(2,3)4/h5-6,9,11-12H,7-8,10H2,1-4H3. The maximum Gasteiger partial charge on any atom is 0.129 e. The van der Waals surface area contributed by atoms with E-state index >= 15 is 0 Å². The highest BCUT2D eigenvalue weighted by atomic mass is 19.1. The van der Waals surface area contributed by atoms with Crippen LogP contribution in [-0.2, 0) is 0 Å². The lowest BCUT2D eigenvalue weighted by atomic mass is 9.86. The van der Waals surface area contributed by atoms with Crippen molar-refractivity contribution in [3.8, 4) is 0 Å². The van der Waals surface area contributed by atoms with Gasteiger partial charge in [-0.3, -0.25) is 4.90 Å². The van der Waals surface area contributed by atoms with E-state index in [-0.39, 0.29) is 11.5 Å². The van der Waals surface area contributed by atoms with E-state index in [1.165, 1.54) is 6.07 Å². The van der Waals surface area contributed by atoms with Gasteiger partial charge in [-0.05, 0) is 57.2 Å². The number of hydrogen-bond acceptors (Lipinski definition) is 1. The van der Waals surface area contributed by atoms with Gasteiger partial charge in [0.05, 0.1) is 0 Å². The van der Waals surface area contributed by atoms with Crippen molar-refractivity contribution in [1.82, 2.24) is 4.90 Å². The number of rotatable bonds is 2. The first-order valence-corrected chi connectivity index (χ1v) is 6.99. The monoisotopic (exact) mass is 267 g/mol. The fraction of sp³-hybridized carbons (Fsp3) is 0.625. The van der Waals surface area contributed by atoms with Crippen molar-refractivity contribution in [2.45, 2.75) is 45.6 Å². The highest BCUT2D eigenvalue weighted by Gasteiger charge is 2.33. The van der Waals surface area contributed by atoms with Crippen LogP contribution >= 0.6 is 0 Å². The first-order valence-electron chi connectivity index (χ1n) is 6.99. The van der Waals surface area contributed by atoms with Gasteiger partial charge in [0.25, 0.3) is 0 Å². The van der Waals surface area contributed by atoms with Gasteiger partial charge < -0.3 is 0 Å². The van der Waals surface area contributed by atoms with E-state index < -0.39 is 11.6 Å². The molecule has 19 heavy (non-hydrogen) atoms. The predicted molar refractivity (Wildman–Crippen MR) is 74.2 cm³/mol. The number of benzene rings is 1. The van der Waals surface area contributed by atoms with E-state index in [2.05, 4.69) is 25.7 Å². The van der Waals surface area contributed by atoms with Gasteiger partial charge in [0.2, 0.25) is 0 Å². The molecular formula is C16H23F2N. The molecule has 1 aromatic carbocycles. The number of halogens is 2. The Morgan fingerprint density at radius 3 is 2.47 bits per heavy atom. The van der Waals surface area contributed by atoms with Crippen molar-refractivity contribution < 1.29 is 8.78 Å². The summed E-state index contributed by atoms with van der Waals surface area (Å²) >= 11 is 0. The normalized spacial score (nSPS) is 22.7. The van der Waals surface area contributed by atoms with Gasteiger partial charge >= 0.3 is 0 Å². The van der Waals surface area contributed by atoms with E-state index in [9.17, 15) is 8.78 Å². The minimum Gasteiger partial charge on any atom is -0.298 e. The van der Waals surface area contributed by atoms with Gasteiger partial charge in [0.1, 0.15) is 11.6 Å². The molecule has 0 aliphatic carbocycles. The highest BCUT2D eigenvalue weighted by Crippen LogP contribution is 2.35. The van der Waals surface area contributed by atoms with Crippen molar-refractivity contribution in [3.05, 3.63) is 35.4 Å². The van der Waals surface area contributed by atoms with Crippen LogP contribution in [0.1, 0.15) is 45.6 Å². The summed E-state index contributed by atoms with van der Waals surface area (Å²) in [6, 6.07) is 3.93. The molecule has 1 aliphatic rings. The maximum atomic E-state index is 13.8. The van der Waals surface area contributed by atoms with Crippen molar-refractivity contribution in [1.29, 1.82) is 0 Å². The zero-order valence-electron chi connectivity index (χ0n) is 12.2. The Bertz CT molecular complexity index is 451. The summed E-state index contributed by atoms with van der Waals surface area (Å²) < 4.78 is 26.8. The summed E-state index contributed by atoms with van der Waals surface area (Å²) in [7, 11) is 0. The van der Waals surface area contributed by atoms with Gasteiger partial charge in [0, 0.05) is 18.2 Å². The molecular weight excluding hydrogens is 244 g/mol. The highest BCUT2D eigenvalue weighted by molar-refractivity contribution is 5.23. The van der Waals surface area contributed by atoms with Crippen LogP contribution in [0.15, 0.2) is 18.2 Å². The van der Waals surface area contributed by atoms with Crippen LogP contribution in [0.25, 0.3) is 0 Å². The quantitative estimate of drug-likeness (QED) is 0.776. The van der Waals surface area contributed by atoms with Crippen LogP contribution < -0.4 is 0 Å². The number of hydrogen-bond donors (Lipinski definition) is 0. The number of likely N-dealkylation sites (tertiary alicyclic amines) is 1. The Labute approximate surface area is 114 Å². The second kappa shape index (κ2) is 5.20. The summed E-state index contributed by atoms with van der Waals surface area (Å²) in [4.78, 5) is 2.44. The molecule has 1 nitrogen and oxygen atoms in total. The van der Waals surface area contributed by atoms with Crippen LogP contribution in [-0.4, -0.2) is 23.5 Å². The molecule has 1 aliphatic heterocycles. The first-order chi connectivity index (χ1) is 8.79. The van der Waals surface area contributed by atoms with Crippen LogP contribution in [0.4, 0.5) is 8.78 Å². The van der Waals surface area contributed by atoms with E-state index in [1.54, 1.807) is 6.07 Å². The summed E-state index contributed by atoms with van der Waals surface area (Å²) in [6.45, 7) is 10.7. The average Bonchev–Trinajstić information content (AvgIpc) is 2.76. The van der Waals surface area contributed by atoms with E-state index in [0.29, 0.717) is 11.5 Å². The van der Waals surface area contributed by atoms with Crippen LogP contribution in [0.3, 0.4) is 0 Å². The second-order valence-electron chi connectivity index (χ2n) is 6.62. The zero-order valence-corrected chi connectivity index (χ0v) is 12.2. The second-order valence-corrected chi connectivity index (χ2v) is 6.62. The van der Waals surface area contributed by atoms with Crippen LogP contribution in [0, 0.1) is 17.6 Å². The SMILES string of the molecule is CC(c1ccc(F)cc1F)C1CCN(C(C)(C)C)C1. The zero-order chi connectivity index (χ0) is 14.2. The number of nitrogens with zero attached hydrogens (tertiary/aromatic N) is 1. The van der Waals surface area contributed by atoms with E-state index in [1.807, 2.05) is 6.92 Å². The minimum atomic E-state index is -0.504. The molecule has 0 spiro atoms. The minimum absolute atomic E-state index is 0.132. The Balaban J connectivity index is 2.11. The van der Waals surface area contributed by atoms with Crippen molar-refractivity contribution in [2.24, 2.45) is 5.92 Å². The molecule has 2 atom stereocenters. The molecule has 0 saturated carbocycles. The van der Waals surface area contributed by atoms with Gasteiger partial charge in [-0.15, -0.1) is 0 Å². The molecule has 0 amide bonds. The maximum absolute atomic E-state index is 13.8. The van der Waals surface area contributed by atoms with Gasteiger partial charge in [-0.2, -0.15) is 0 Å². The molecule has 0 radical (unpaired) electrons. The van der Waals surface area contributed by atoms with Crippen molar-refractivity contribution >= 4 is 0 Å². The predicted octanol–water partition coefficient (Wildman–Crippen LogP) is 4.19. The van der Waals surface area contributed by atoms with Gasteiger partial charge in [0.15, 0.2) is 0 Å². The van der Waals surface area contributed by atoms with Crippen LogP contribution in [0.2, 0.25) is 0 Å². The smallest absolute Gasteiger partial charge is 0.129 e. The fourth-order valence-electron chi connectivity index (χ4n) is 2.93. The van der Waals surface area contributed by atoms with Gasteiger partial charge in [-0.25, -0.2) is 8.78 Å². The summed E-state index contributed by atoms with van der Waals surface area (Å²) in [6.07, 6.45) is 1.08. The molecule has 0 bridgehead atoms. The van der Waals surface area contributed by atoms with E-state index in [4.69, 9.17) is 0 Å². The molecule has 106 valence electrons. The fourth-order valence-corrected chi connectivity index (χ4v) is 2.93. The average molecular weight is 267 g/mol. The molecule has 3 heteroatoms. The van der Waals surface area contributed by atoms with Crippen LogP contribution in [0.5, 0.6) is 0 Å². The largest absolute Gasteiger partial charge is 0.298 e. The first kappa shape index (κ1) is 14.4. The molecule has 2 rings (SSSR count). The van der Waals surface area contributed by atoms with Crippen molar-refractivity contribution in [3.63, 3.8) is 0 Å². The Kier molecular flexibility index (Phi) is 3.95. The summed E-state index contributed by atoms with van der Waals surface area (Å²) in [5, 5.41) is 0. The Hall–Kier alpha value is -0.960. The Morgan fingerprint density at radius 1 is 1.26 bits per heavy atom. The molecule has 1 fully saturated rings. The van der Waals surface area contributed by atoms with Crippen molar-refractivity contribution in [2.75, 3.05) is 13.1 Å². The molecule has 1 heterocycles. The van der Waals surface area contributed by atoms with Gasteiger partial charge in [-0.1, -0.05) is 13.0 Å². The molecule has 1 saturated heterocycles. The topological polar surface area (TPSA) is 3.24 Å². The summed E-state index contributed by atoms with van der Waals surface area (Å²) in [5.74, 6) is -0.343.